The van der Waals surface area contributed by atoms with Gasteiger partial charge >= 0.3 is 0 Å². The fourth-order valence-corrected chi connectivity index (χ4v) is 5.03. The van der Waals surface area contributed by atoms with Crippen molar-refractivity contribution in [1.29, 1.82) is 0 Å². The minimum atomic E-state index is -0.435. The van der Waals surface area contributed by atoms with Gasteiger partial charge in [-0.15, -0.1) is 0 Å². The zero-order chi connectivity index (χ0) is 31.0. The van der Waals surface area contributed by atoms with Crippen molar-refractivity contribution in [3.8, 4) is 27.9 Å². The molecule has 7 aromatic rings. The molecular formula is C34H24N2. The van der Waals surface area contributed by atoms with E-state index in [1.165, 1.54) is 0 Å². The molecule has 6 aromatic carbocycles. The highest BCUT2D eigenvalue weighted by atomic mass is 15.1. The van der Waals surface area contributed by atoms with Gasteiger partial charge in [-0.05, 0) is 58.1 Å². The van der Waals surface area contributed by atoms with Crippen LogP contribution in [0, 0.1) is 6.92 Å². The van der Waals surface area contributed by atoms with Gasteiger partial charge in [0.05, 0.1) is 27.7 Å². The first kappa shape index (κ1) is 14.0. The Kier molecular flexibility index (Phi) is 3.20. The van der Waals surface area contributed by atoms with Crippen molar-refractivity contribution in [3.05, 3.63) is 133 Å². The standard InChI is InChI=1S/C34H24N2/c1-23-35-31-20-9-10-21-32(31)36(23)34-29-18-7-5-16-27(29)33(28-17-6-8-19-30(28)34)26-15-11-14-25(22-26)24-12-3-2-4-13-24/h2-22H,1H3/i5D,6D,7D,8D,16D,17D,18D,19D. The highest BCUT2D eigenvalue weighted by molar-refractivity contribution is 6.18. The van der Waals surface area contributed by atoms with E-state index in [0.717, 1.165) is 11.1 Å². The monoisotopic (exact) mass is 468 g/mol. The van der Waals surface area contributed by atoms with E-state index in [0.29, 0.717) is 28.0 Å². The van der Waals surface area contributed by atoms with Gasteiger partial charge in [-0.2, -0.15) is 0 Å². The summed E-state index contributed by atoms with van der Waals surface area (Å²) >= 11 is 0. The van der Waals surface area contributed by atoms with Crippen LogP contribution >= 0.6 is 0 Å². The van der Waals surface area contributed by atoms with Gasteiger partial charge in [-0.25, -0.2) is 4.98 Å². The maximum Gasteiger partial charge on any atom is 0.111 e. The van der Waals surface area contributed by atoms with Crippen LogP contribution in [-0.4, -0.2) is 9.55 Å². The number of hydrogen-bond acceptors (Lipinski definition) is 1. The second-order valence-corrected chi connectivity index (χ2v) is 8.65. The summed E-state index contributed by atoms with van der Waals surface area (Å²) in [7, 11) is 0. The largest absolute Gasteiger partial charge is 0.295 e. The van der Waals surface area contributed by atoms with Gasteiger partial charge in [0.15, 0.2) is 0 Å². The quantitative estimate of drug-likeness (QED) is 0.237. The number of hydrogen-bond donors (Lipinski definition) is 0. The molecule has 1 heterocycles. The van der Waals surface area contributed by atoms with E-state index in [1.807, 2.05) is 72.8 Å². The number of aryl methyl sites for hydroxylation is 1. The van der Waals surface area contributed by atoms with Crippen molar-refractivity contribution in [2.45, 2.75) is 6.92 Å². The average Bonchev–Trinajstić information content (AvgIpc) is 3.38. The van der Waals surface area contributed by atoms with Crippen LogP contribution in [0.2, 0.25) is 0 Å². The molecule has 1 aromatic heterocycles. The molecule has 0 aliphatic heterocycles. The summed E-state index contributed by atoms with van der Waals surface area (Å²) in [5, 5.41) is 0.650. The predicted molar refractivity (Wildman–Crippen MR) is 152 cm³/mol. The molecule has 0 radical (unpaired) electrons. The van der Waals surface area contributed by atoms with Crippen molar-refractivity contribution in [2.24, 2.45) is 0 Å². The Balaban J connectivity index is 1.80. The number of aromatic nitrogens is 2. The molecular weight excluding hydrogens is 436 g/mol. The third-order valence-corrected chi connectivity index (χ3v) is 6.56. The lowest BCUT2D eigenvalue weighted by molar-refractivity contribution is 1.02. The van der Waals surface area contributed by atoms with E-state index in [-0.39, 0.29) is 51.4 Å². The molecule has 0 saturated carbocycles. The Labute approximate surface area is 221 Å². The summed E-state index contributed by atoms with van der Waals surface area (Å²) in [6, 6.07) is 21.6. The Morgan fingerprint density at radius 2 is 1.19 bits per heavy atom. The molecule has 0 aliphatic carbocycles. The molecule has 7 rings (SSSR count). The number of imidazole rings is 1. The number of fused-ring (bicyclic) bond motifs is 3. The third-order valence-electron chi connectivity index (χ3n) is 6.56. The number of benzene rings is 6. The van der Waals surface area contributed by atoms with Gasteiger partial charge in [-0.3, -0.25) is 4.57 Å². The van der Waals surface area contributed by atoms with Crippen LogP contribution in [0.1, 0.15) is 16.8 Å². The second kappa shape index (κ2) is 8.21. The Bertz CT molecular complexity index is 2250. The molecule has 2 nitrogen and oxygen atoms in total. The van der Waals surface area contributed by atoms with Gasteiger partial charge in [-0.1, -0.05) is 109 Å². The molecule has 0 aliphatic rings. The topological polar surface area (TPSA) is 17.8 Å². The van der Waals surface area contributed by atoms with E-state index >= 15 is 0 Å². The van der Waals surface area contributed by atoms with Crippen molar-refractivity contribution in [3.63, 3.8) is 0 Å². The van der Waals surface area contributed by atoms with Gasteiger partial charge < -0.3 is 0 Å². The predicted octanol–water partition coefficient (Wildman–Crippen LogP) is 8.97. The molecule has 2 heteroatoms. The molecule has 0 unspecified atom stereocenters. The summed E-state index contributed by atoms with van der Waals surface area (Å²) in [5.74, 6) is 0.507. The van der Waals surface area contributed by atoms with Crippen LogP contribution in [-0.2, 0) is 0 Å². The van der Waals surface area contributed by atoms with E-state index in [1.54, 1.807) is 17.6 Å². The first-order valence-electron chi connectivity index (χ1n) is 15.7. The third kappa shape index (κ3) is 3.15. The van der Waals surface area contributed by atoms with Crippen LogP contribution < -0.4 is 0 Å². The van der Waals surface area contributed by atoms with Crippen LogP contribution in [0.15, 0.2) is 127 Å². The van der Waals surface area contributed by atoms with Gasteiger partial charge in [0, 0.05) is 10.8 Å². The molecule has 170 valence electrons. The minimum absolute atomic E-state index is 0.153. The zero-order valence-electron chi connectivity index (χ0n) is 27.4. The van der Waals surface area contributed by atoms with Crippen molar-refractivity contribution in [2.75, 3.05) is 0 Å². The van der Waals surface area contributed by atoms with Crippen LogP contribution in [0.3, 0.4) is 0 Å². The summed E-state index contributed by atoms with van der Waals surface area (Å²) in [6.07, 6.45) is 0. The molecule has 0 spiro atoms. The Morgan fingerprint density at radius 1 is 0.611 bits per heavy atom. The summed E-state index contributed by atoms with van der Waals surface area (Å²) < 4.78 is 72.9. The number of nitrogens with zero attached hydrogens (tertiary/aromatic N) is 2. The fourth-order valence-electron chi connectivity index (χ4n) is 5.03. The normalized spacial score (nSPS) is 14.6. The zero-order valence-corrected chi connectivity index (χ0v) is 19.4. The molecule has 0 atom stereocenters. The molecule has 0 N–H and O–H groups in total. The smallest absolute Gasteiger partial charge is 0.111 e. The first-order chi connectivity index (χ1) is 21.1. The van der Waals surface area contributed by atoms with Gasteiger partial charge in [0.1, 0.15) is 5.82 Å². The summed E-state index contributed by atoms with van der Waals surface area (Å²) in [5.41, 5.74) is 4.20. The first-order valence-corrected chi connectivity index (χ1v) is 11.7. The average molecular weight is 469 g/mol. The van der Waals surface area contributed by atoms with E-state index in [4.69, 9.17) is 16.0 Å². The van der Waals surface area contributed by atoms with Crippen molar-refractivity contribution >= 4 is 32.6 Å². The summed E-state index contributed by atoms with van der Waals surface area (Å²) in [6.45, 7) is 1.77. The molecule has 0 bridgehead atoms. The van der Waals surface area contributed by atoms with Gasteiger partial charge in [0.25, 0.3) is 0 Å². The maximum absolute atomic E-state index is 9.16. The maximum atomic E-state index is 9.16. The van der Waals surface area contributed by atoms with E-state index in [9.17, 15) is 0 Å². The number of rotatable bonds is 3. The molecule has 0 amide bonds. The lowest BCUT2D eigenvalue weighted by Gasteiger charge is -2.19. The highest BCUT2D eigenvalue weighted by Crippen LogP contribution is 2.42. The van der Waals surface area contributed by atoms with Gasteiger partial charge in [0.2, 0.25) is 0 Å². The van der Waals surface area contributed by atoms with E-state index in [2.05, 4.69) is 0 Å². The SMILES string of the molecule is [2H]c1c([2H])c([2H])c2c(-n3c(C)nc4ccccc43)c3c([2H])c([2H])c([2H])c([2H])c3c(-c3cccc(-c4ccccc4)c3)c2c1[2H]. The van der Waals surface area contributed by atoms with E-state index < -0.39 is 24.2 Å². The molecule has 36 heavy (non-hydrogen) atoms. The second-order valence-electron chi connectivity index (χ2n) is 8.65. The minimum Gasteiger partial charge on any atom is -0.295 e. The lowest BCUT2D eigenvalue weighted by Crippen LogP contribution is -2.01. The summed E-state index contributed by atoms with van der Waals surface area (Å²) in [4.78, 5) is 4.69. The number of para-hydroxylation sites is 2. The fraction of sp³-hybridized carbons (Fsp3) is 0.0294. The lowest BCUT2D eigenvalue weighted by atomic mass is 9.89. The highest BCUT2D eigenvalue weighted by Gasteiger charge is 2.19. The van der Waals surface area contributed by atoms with Crippen molar-refractivity contribution < 1.29 is 11.0 Å². The molecule has 0 saturated heterocycles. The molecule has 0 fully saturated rings. The van der Waals surface area contributed by atoms with Crippen LogP contribution in [0.4, 0.5) is 0 Å². The Hall–Kier alpha value is -4.69. The van der Waals surface area contributed by atoms with Crippen LogP contribution in [0.25, 0.3) is 60.5 Å². The van der Waals surface area contributed by atoms with Crippen molar-refractivity contribution in [1.82, 2.24) is 9.55 Å². The van der Waals surface area contributed by atoms with Crippen LogP contribution in [0.5, 0.6) is 0 Å². The Morgan fingerprint density at radius 3 is 1.92 bits per heavy atom.